The Kier molecular flexibility index (Phi) is 9.14. The van der Waals surface area contributed by atoms with E-state index in [1.54, 1.807) is 24.5 Å². The number of anilines is 2. The Labute approximate surface area is 260 Å². The number of hydrogen-bond acceptors (Lipinski definition) is 8. The molecular weight excluding hydrogens is 582 g/mol. The Bertz CT molecular complexity index is 1700. The Hall–Kier alpha value is -4.34. The van der Waals surface area contributed by atoms with E-state index >= 15 is 0 Å². The minimum atomic E-state index is -0.431. The first-order valence-electron chi connectivity index (χ1n) is 14.8. The number of pyridine rings is 1. The van der Waals surface area contributed by atoms with E-state index in [4.69, 9.17) is 35.2 Å². The lowest BCUT2D eigenvalue weighted by atomic mass is 9.86. The van der Waals surface area contributed by atoms with Gasteiger partial charge in [0.25, 0.3) is 0 Å². The largest absolute Gasteiger partial charge is 0.473 e. The van der Waals surface area contributed by atoms with Gasteiger partial charge in [-0.3, -0.25) is 4.79 Å². The maximum absolute atomic E-state index is 13.1. The molecule has 0 saturated carbocycles. The number of fused-ring (bicyclic) bond motifs is 1. The molecule has 228 valence electrons. The number of ether oxygens (including phenoxy) is 3. The molecule has 2 unspecified atom stereocenters. The molecule has 10 heteroatoms. The fraction of sp³-hybridized carbons (Fsp3) is 0.324. The topological polar surface area (TPSA) is 112 Å². The van der Waals surface area contributed by atoms with Gasteiger partial charge in [-0.1, -0.05) is 29.8 Å². The van der Waals surface area contributed by atoms with E-state index in [0.717, 1.165) is 54.5 Å². The van der Waals surface area contributed by atoms with E-state index in [2.05, 4.69) is 16.7 Å². The first-order chi connectivity index (χ1) is 21.5. The van der Waals surface area contributed by atoms with Gasteiger partial charge < -0.3 is 29.3 Å². The van der Waals surface area contributed by atoms with Crippen molar-refractivity contribution in [3.8, 4) is 5.88 Å². The Morgan fingerprint density at radius 3 is 2.75 bits per heavy atom. The van der Waals surface area contributed by atoms with Crippen LogP contribution >= 0.6 is 11.6 Å². The Morgan fingerprint density at radius 1 is 1.09 bits per heavy atom. The van der Waals surface area contributed by atoms with Gasteiger partial charge in [0.05, 0.1) is 47.1 Å². The molecule has 1 amide bonds. The number of benzene rings is 2. The Morgan fingerprint density at radius 2 is 1.98 bits per heavy atom. The predicted molar refractivity (Wildman–Crippen MR) is 169 cm³/mol. The van der Waals surface area contributed by atoms with E-state index in [-0.39, 0.29) is 17.9 Å². The Balaban J connectivity index is 1.05. The van der Waals surface area contributed by atoms with E-state index in [1.165, 1.54) is 7.11 Å². The normalized spacial score (nSPS) is 17.8. The van der Waals surface area contributed by atoms with Crippen molar-refractivity contribution in [2.45, 2.75) is 44.8 Å². The van der Waals surface area contributed by atoms with Gasteiger partial charge in [0.1, 0.15) is 12.2 Å². The molecule has 2 atom stereocenters. The van der Waals surface area contributed by atoms with Crippen LogP contribution in [0.1, 0.15) is 53.7 Å². The molecule has 4 aromatic rings. The summed E-state index contributed by atoms with van der Waals surface area (Å²) in [6.07, 6.45) is 7.77. The van der Waals surface area contributed by atoms with Crippen molar-refractivity contribution >= 4 is 51.4 Å². The maximum Gasteiger partial charge on any atom is 0.337 e. The van der Waals surface area contributed by atoms with Gasteiger partial charge in [-0.2, -0.15) is 0 Å². The van der Waals surface area contributed by atoms with Crippen LogP contribution in [0.2, 0.25) is 5.02 Å². The van der Waals surface area contributed by atoms with Gasteiger partial charge >= 0.3 is 5.97 Å². The van der Waals surface area contributed by atoms with Crippen LogP contribution in [0.4, 0.5) is 11.4 Å². The summed E-state index contributed by atoms with van der Waals surface area (Å²) in [5.74, 6) is 0.250. The monoisotopic (exact) mass is 615 g/mol. The highest BCUT2D eigenvalue weighted by Gasteiger charge is 2.22. The van der Waals surface area contributed by atoms with E-state index in [0.29, 0.717) is 53.0 Å². The van der Waals surface area contributed by atoms with Gasteiger partial charge in [0.2, 0.25) is 11.8 Å². The molecule has 2 aromatic heterocycles. The van der Waals surface area contributed by atoms with Crippen molar-refractivity contribution in [3.05, 3.63) is 88.8 Å². The first kappa shape index (κ1) is 29.7. The van der Waals surface area contributed by atoms with Gasteiger partial charge in [0.15, 0.2) is 0 Å². The summed E-state index contributed by atoms with van der Waals surface area (Å²) in [6.45, 7) is 1.66. The molecule has 3 heterocycles. The summed E-state index contributed by atoms with van der Waals surface area (Å²) in [4.78, 5) is 29.9. The summed E-state index contributed by atoms with van der Waals surface area (Å²) < 4.78 is 22.0. The molecule has 1 fully saturated rings. The number of methoxy groups -OCH3 is 1. The number of rotatable bonds is 11. The molecule has 0 bridgehead atoms. The number of amides is 1. The molecule has 0 spiro atoms. The molecule has 2 N–H and O–H groups in total. The third-order valence-corrected chi connectivity index (χ3v) is 8.42. The number of hydrogen-bond donors (Lipinski definition) is 2. The van der Waals surface area contributed by atoms with Crippen molar-refractivity contribution in [1.82, 2.24) is 4.98 Å². The zero-order valence-electron chi connectivity index (χ0n) is 24.4. The number of furan rings is 1. The number of esters is 1. The summed E-state index contributed by atoms with van der Waals surface area (Å²) in [5.41, 5.74) is 5.34. The summed E-state index contributed by atoms with van der Waals surface area (Å²) in [7, 11) is 1.35. The van der Waals surface area contributed by atoms with Crippen molar-refractivity contribution in [3.63, 3.8) is 0 Å². The molecule has 2 aliphatic rings. The van der Waals surface area contributed by atoms with Crippen LogP contribution in [0, 0.1) is 5.92 Å². The highest BCUT2D eigenvalue weighted by atomic mass is 35.5. The van der Waals surface area contributed by atoms with E-state index in [9.17, 15) is 9.59 Å². The lowest BCUT2D eigenvalue weighted by Crippen LogP contribution is -2.33. The van der Waals surface area contributed by atoms with Gasteiger partial charge in [0, 0.05) is 36.6 Å². The maximum atomic E-state index is 13.1. The van der Waals surface area contributed by atoms with Crippen LogP contribution < -0.4 is 15.4 Å². The molecule has 44 heavy (non-hydrogen) atoms. The molecule has 6 rings (SSSR count). The number of allylic oxidation sites excluding steroid dienone is 2. The van der Waals surface area contributed by atoms with Crippen LogP contribution in [-0.4, -0.2) is 43.2 Å². The highest BCUT2D eigenvalue weighted by Crippen LogP contribution is 2.33. The third kappa shape index (κ3) is 6.90. The van der Waals surface area contributed by atoms with Crippen LogP contribution in [0.3, 0.4) is 0 Å². The SMILES string of the molecule is COC(=O)c1ccc(NC(=O)CC2CC=C(c3cccc(OCc4ccc(Cl)c5ccoc45)n3)CC2)c(NCC2CCO2)c1. The molecular formula is C34H34ClN3O6. The number of aromatic nitrogens is 1. The number of halogens is 1. The van der Waals surface area contributed by atoms with Gasteiger partial charge in [-0.15, -0.1) is 0 Å². The zero-order chi connectivity index (χ0) is 30.5. The zero-order valence-corrected chi connectivity index (χ0v) is 25.2. The van der Waals surface area contributed by atoms with Crippen molar-refractivity contribution in [2.24, 2.45) is 5.92 Å². The molecule has 1 saturated heterocycles. The van der Waals surface area contributed by atoms with Crippen LogP contribution in [-0.2, 0) is 20.9 Å². The minimum absolute atomic E-state index is 0.0676. The molecule has 0 radical (unpaired) electrons. The lowest BCUT2D eigenvalue weighted by molar-refractivity contribution is -0.117. The highest BCUT2D eigenvalue weighted by molar-refractivity contribution is 6.35. The molecule has 1 aliphatic heterocycles. The second-order valence-electron chi connectivity index (χ2n) is 11.1. The minimum Gasteiger partial charge on any atom is -0.473 e. The fourth-order valence-corrected chi connectivity index (χ4v) is 5.72. The quantitative estimate of drug-likeness (QED) is 0.170. The molecule has 9 nitrogen and oxygen atoms in total. The first-order valence-corrected chi connectivity index (χ1v) is 15.2. The predicted octanol–water partition coefficient (Wildman–Crippen LogP) is 7.26. The number of nitrogens with one attached hydrogen (secondary N) is 2. The average Bonchev–Trinajstić information content (AvgIpc) is 3.52. The average molecular weight is 616 g/mol. The lowest BCUT2D eigenvalue weighted by Gasteiger charge is -2.27. The van der Waals surface area contributed by atoms with E-state index < -0.39 is 5.97 Å². The number of carbonyl (C=O) groups is 2. The van der Waals surface area contributed by atoms with Gasteiger partial charge in [-0.05, 0) is 73.6 Å². The van der Waals surface area contributed by atoms with Crippen molar-refractivity contribution in [2.75, 3.05) is 30.9 Å². The summed E-state index contributed by atoms with van der Waals surface area (Å²) >= 11 is 6.26. The molecule has 2 aromatic carbocycles. The second kappa shape index (κ2) is 13.5. The van der Waals surface area contributed by atoms with Crippen LogP contribution in [0.25, 0.3) is 16.5 Å². The second-order valence-corrected chi connectivity index (χ2v) is 11.5. The van der Waals surface area contributed by atoms with Crippen molar-refractivity contribution in [1.29, 1.82) is 0 Å². The van der Waals surface area contributed by atoms with Crippen LogP contribution in [0.5, 0.6) is 5.88 Å². The number of carbonyl (C=O) groups excluding carboxylic acids is 2. The van der Waals surface area contributed by atoms with Gasteiger partial charge in [-0.25, -0.2) is 9.78 Å². The summed E-state index contributed by atoms with van der Waals surface area (Å²) in [5, 5.41) is 7.85. The fourth-order valence-electron chi connectivity index (χ4n) is 5.51. The standard InChI is InChI=1S/C34H34ClN3O6/c1-41-34(40)23-10-12-29(30(18-23)36-19-25-13-15-42-25)37-31(39)17-21-5-7-22(8-6-21)28-3-2-4-32(38-28)44-20-24-9-11-27(35)26-14-16-43-33(24)26/h2-4,7,9-12,14,16,18,21,25,36H,5-6,8,13,15,17,19-20H2,1H3,(H,37,39). The van der Waals surface area contributed by atoms with E-state index in [1.807, 2.05) is 36.4 Å². The van der Waals surface area contributed by atoms with Crippen molar-refractivity contribution < 1.29 is 28.2 Å². The summed E-state index contributed by atoms with van der Waals surface area (Å²) in [6, 6.07) is 16.4. The van der Waals surface area contributed by atoms with Crippen LogP contribution in [0.15, 0.2) is 71.4 Å². The smallest absolute Gasteiger partial charge is 0.337 e. The molecule has 1 aliphatic carbocycles. The number of nitrogens with zero attached hydrogens (tertiary/aromatic N) is 1. The third-order valence-electron chi connectivity index (χ3n) is 8.10.